The van der Waals surface area contributed by atoms with Gasteiger partial charge in [-0.1, -0.05) is 44.2 Å². The second-order valence-corrected chi connectivity index (χ2v) is 8.51. The summed E-state index contributed by atoms with van der Waals surface area (Å²) in [4.78, 5) is 14.6. The molecule has 0 saturated carbocycles. The van der Waals surface area contributed by atoms with E-state index in [0.717, 1.165) is 55.4 Å². The molecule has 7 heteroatoms. The predicted molar refractivity (Wildman–Crippen MR) is 121 cm³/mol. The summed E-state index contributed by atoms with van der Waals surface area (Å²) in [5, 5.41) is 14.2. The van der Waals surface area contributed by atoms with Gasteiger partial charge in [0.15, 0.2) is 5.82 Å². The molecule has 1 N–H and O–H groups in total. The molecule has 4 rings (SSSR count). The van der Waals surface area contributed by atoms with Crippen LogP contribution in [0.1, 0.15) is 44.0 Å². The minimum Gasteiger partial charge on any atom is -0.496 e. The average Bonchev–Trinajstić information content (AvgIpc) is 3.08. The summed E-state index contributed by atoms with van der Waals surface area (Å²) >= 11 is 0. The van der Waals surface area contributed by atoms with Crippen molar-refractivity contribution in [1.82, 2.24) is 25.0 Å². The quantitative estimate of drug-likeness (QED) is 0.661. The summed E-state index contributed by atoms with van der Waals surface area (Å²) in [7, 11) is 1.72. The molecule has 0 fully saturated rings. The fraction of sp³-hybridized carbons (Fsp3) is 0.458. The Balaban J connectivity index is 1.49. The Labute approximate surface area is 183 Å². The highest BCUT2D eigenvalue weighted by molar-refractivity contribution is 5.91. The molecule has 1 aromatic heterocycles. The maximum Gasteiger partial charge on any atom is 0.223 e. The number of nitrogens with zero attached hydrogens (tertiary/aromatic N) is 4. The third-order valence-electron chi connectivity index (χ3n) is 6.01. The fourth-order valence-corrected chi connectivity index (χ4v) is 4.20. The SMILES string of the molecule is COc1ccc(CN2CCc3nnc([C@H](C)NC(=O)C(C)C)n3CC2)c2ccccc12. The van der Waals surface area contributed by atoms with Crippen molar-refractivity contribution >= 4 is 16.7 Å². The Morgan fingerprint density at radius 2 is 1.84 bits per heavy atom. The van der Waals surface area contributed by atoms with Gasteiger partial charge in [-0.3, -0.25) is 9.69 Å². The van der Waals surface area contributed by atoms with Crippen molar-refractivity contribution in [3.05, 3.63) is 53.6 Å². The average molecular weight is 422 g/mol. The van der Waals surface area contributed by atoms with Crippen LogP contribution in [0.2, 0.25) is 0 Å². The maximum absolute atomic E-state index is 12.1. The first-order chi connectivity index (χ1) is 15.0. The van der Waals surface area contributed by atoms with Gasteiger partial charge >= 0.3 is 0 Å². The Morgan fingerprint density at radius 3 is 2.58 bits per heavy atom. The van der Waals surface area contributed by atoms with E-state index in [1.165, 1.54) is 10.9 Å². The molecule has 0 bridgehead atoms. The standard InChI is InChI=1S/C24H31N5O2/c1-16(2)24(30)25-17(3)23-27-26-22-11-12-28(13-14-29(22)23)15-18-9-10-21(31-4)20-8-6-5-7-19(18)20/h5-10,16-17H,11-15H2,1-4H3,(H,25,30)/t17-/m0/s1. The highest BCUT2D eigenvalue weighted by Gasteiger charge is 2.23. The predicted octanol–water partition coefficient (Wildman–Crippen LogP) is 3.33. The van der Waals surface area contributed by atoms with Crippen LogP contribution in [0.25, 0.3) is 10.8 Å². The molecule has 1 atom stereocenters. The Morgan fingerprint density at radius 1 is 1.06 bits per heavy atom. The number of hydrogen-bond acceptors (Lipinski definition) is 5. The van der Waals surface area contributed by atoms with E-state index < -0.39 is 0 Å². The first-order valence-electron chi connectivity index (χ1n) is 11.0. The lowest BCUT2D eigenvalue weighted by molar-refractivity contribution is -0.124. The Hall–Kier alpha value is -2.93. The molecule has 7 nitrogen and oxygen atoms in total. The van der Waals surface area contributed by atoms with Gasteiger partial charge in [0.1, 0.15) is 11.6 Å². The van der Waals surface area contributed by atoms with Gasteiger partial charge in [0, 0.05) is 43.9 Å². The number of methoxy groups -OCH3 is 1. The number of benzene rings is 2. The van der Waals surface area contributed by atoms with Crippen molar-refractivity contribution in [2.24, 2.45) is 5.92 Å². The van der Waals surface area contributed by atoms with Crippen LogP contribution in [0, 0.1) is 5.92 Å². The van der Waals surface area contributed by atoms with Crippen molar-refractivity contribution in [1.29, 1.82) is 0 Å². The molecule has 0 radical (unpaired) electrons. The van der Waals surface area contributed by atoms with E-state index in [9.17, 15) is 4.79 Å². The Bertz CT molecular complexity index is 1080. The fourth-order valence-electron chi connectivity index (χ4n) is 4.20. The van der Waals surface area contributed by atoms with Gasteiger partial charge in [0.2, 0.25) is 5.91 Å². The lowest BCUT2D eigenvalue weighted by atomic mass is 10.0. The van der Waals surface area contributed by atoms with E-state index in [0.29, 0.717) is 0 Å². The van der Waals surface area contributed by atoms with Crippen LogP contribution < -0.4 is 10.1 Å². The zero-order valence-corrected chi connectivity index (χ0v) is 18.8. The summed E-state index contributed by atoms with van der Waals surface area (Å²) in [5.41, 5.74) is 1.30. The number of carbonyl (C=O) groups is 1. The summed E-state index contributed by atoms with van der Waals surface area (Å²) in [6.45, 7) is 9.28. The number of carbonyl (C=O) groups excluding carboxylic acids is 1. The van der Waals surface area contributed by atoms with Crippen molar-refractivity contribution in [2.75, 3.05) is 20.2 Å². The number of amides is 1. The second-order valence-electron chi connectivity index (χ2n) is 8.51. The van der Waals surface area contributed by atoms with Crippen molar-refractivity contribution in [3.63, 3.8) is 0 Å². The van der Waals surface area contributed by atoms with Gasteiger partial charge in [0.05, 0.1) is 13.2 Å². The molecular formula is C24H31N5O2. The largest absolute Gasteiger partial charge is 0.496 e. The van der Waals surface area contributed by atoms with Gasteiger partial charge in [-0.25, -0.2) is 0 Å². The topological polar surface area (TPSA) is 72.3 Å². The molecule has 2 aromatic carbocycles. The zero-order chi connectivity index (χ0) is 22.0. The van der Waals surface area contributed by atoms with Gasteiger partial charge in [-0.15, -0.1) is 10.2 Å². The van der Waals surface area contributed by atoms with E-state index >= 15 is 0 Å². The summed E-state index contributed by atoms with van der Waals surface area (Å²) in [5.74, 6) is 2.71. The van der Waals surface area contributed by atoms with Crippen LogP contribution in [0.3, 0.4) is 0 Å². The molecular weight excluding hydrogens is 390 g/mol. The van der Waals surface area contributed by atoms with Crippen LogP contribution >= 0.6 is 0 Å². The van der Waals surface area contributed by atoms with E-state index in [2.05, 4.69) is 55.3 Å². The van der Waals surface area contributed by atoms with Crippen molar-refractivity contribution in [3.8, 4) is 5.75 Å². The van der Waals surface area contributed by atoms with Gasteiger partial charge in [-0.2, -0.15) is 0 Å². The molecule has 2 heterocycles. The zero-order valence-electron chi connectivity index (χ0n) is 18.8. The molecule has 0 aliphatic carbocycles. The lowest BCUT2D eigenvalue weighted by Crippen LogP contribution is -2.32. The molecule has 3 aromatic rings. The highest BCUT2D eigenvalue weighted by Crippen LogP contribution is 2.29. The third kappa shape index (κ3) is 4.42. The summed E-state index contributed by atoms with van der Waals surface area (Å²) < 4.78 is 7.72. The summed E-state index contributed by atoms with van der Waals surface area (Å²) in [6, 6.07) is 12.5. The number of ether oxygens (including phenoxy) is 1. The van der Waals surface area contributed by atoms with Crippen LogP contribution in [-0.2, 0) is 24.3 Å². The molecule has 1 aliphatic rings. The first-order valence-corrected chi connectivity index (χ1v) is 11.0. The van der Waals surface area contributed by atoms with E-state index in [4.69, 9.17) is 4.74 Å². The number of hydrogen-bond donors (Lipinski definition) is 1. The van der Waals surface area contributed by atoms with Crippen LogP contribution in [-0.4, -0.2) is 45.8 Å². The van der Waals surface area contributed by atoms with Crippen molar-refractivity contribution < 1.29 is 9.53 Å². The minimum absolute atomic E-state index is 0.0338. The molecule has 31 heavy (non-hydrogen) atoms. The van der Waals surface area contributed by atoms with Crippen LogP contribution in [0.15, 0.2) is 36.4 Å². The molecule has 0 spiro atoms. The molecule has 0 saturated heterocycles. The Kier molecular flexibility index (Phi) is 6.23. The summed E-state index contributed by atoms with van der Waals surface area (Å²) in [6.07, 6.45) is 0.839. The normalized spacial score (nSPS) is 15.5. The molecule has 1 amide bonds. The number of fused-ring (bicyclic) bond motifs is 2. The van der Waals surface area contributed by atoms with Crippen LogP contribution in [0.4, 0.5) is 0 Å². The maximum atomic E-state index is 12.1. The van der Waals surface area contributed by atoms with Gasteiger partial charge < -0.3 is 14.6 Å². The molecule has 0 unspecified atom stereocenters. The lowest BCUT2D eigenvalue weighted by Gasteiger charge is -2.21. The van der Waals surface area contributed by atoms with Gasteiger partial charge in [0.25, 0.3) is 0 Å². The monoisotopic (exact) mass is 421 g/mol. The van der Waals surface area contributed by atoms with E-state index in [1.54, 1.807) is 7.11 Å². The second kappa shape index (κ2) is 9.06. The van der Waals surface area contributed by atoms with E-state index in [-0.39, 0.29) is 17.9 Å². The first kappa shape index (κ1) is 21.3. The third-order valence-corrected chi connectivity index (χ3v) is 6.01. The van der Waals surface area contributed by atoms with Crippen molar-refractivity contribution in [2.45, 2.75) is 46.3 Å². The van der Waals surface area contributed by atoms with Gasteiger partial charge in [-0.05, 0) is 23.9 Å². The van der Waals surface area contributed by atoms with Crippen LogP contribution in [0.5, 0.6) is 5.75 Å². The smallest absolute Gasteiger partial charge is 0.223 e. The number of rotatable bonds is 6. The van der Waals surface area contributed by atoms with E-state index in [1.807, 2.05) is 26.8 Å². The minimum atomic E-state index is -0.159. The number of aromatic nitrogens is 3. The number of nitrogens with one attached hydrogen (secondary N) is 1. The highest BCUT2D eigenvalue weighted by atomic mass is 16.5. The molecule has 164 valence electrons. The molecule has 1 aliphatic heterocycles.